The van der Waals surface area contributed by atoms with E-state index in [-0.39, 0.29) is 11.6 Å². The Kier molecular flexibility index (Phi) is 9.51. The molecule has 18 aromatic rings. The van der Waals surface area contributed by atoms with Crippen LogP contribution in [0.3, 0.4) is 0 Å². The number of furan rings is 1. The van der Waals surface area contributed by atoms with Crippen LogP contribution in [0.15, 0.2) is 253 Å². The van der Waals surface area contributed by atoms with E-state index in [0.717, 1.165) is 132 Å². The number of aromatic nitrogens is 11. The zero-order chi connectivity index (χ0) is 54.3. The van der Waals surface area contributed by atoms with E-state index in [2.05, 4.69) is 218 Å². The van der Waals surface area contributed by atoms with Crippen LogP contribution in [-0.4, -0.2) is 53.2 Å². The first-order valence-corrected chi connectivity index (χ1v) is 27.6. The summed E-state index contributed by atoms with van der Waals surface area (Å²) in [6.45, 7) is 0. The van der Waals surface area contributed by atoms with E-state index in [9.17, 15) is 0 Å². The molecule has 0 aliphatic carbocycles. The predicted molar refractivity (Wildman–Crippen MR) is 332 cm³/mol. The summed E-state index contributed by atoms with van der Waals surface area (Å²) in [6.07, 6.45) is 0. The summed E-state index contributed by atoms with van der Waals surface area (Å²) in [6, 6.07) is 85.7. The Morgan fingerprint density at radius 1 is 0.241 bits per heavy atom. The fraction of sp³-hybridized carbons (Fsp3) is 0. The zero-order valence-corrected chi connectivity index (χ0v) is 44.0. The normalized spacial score (nSPS) is 12.1. The molecule has 83 heavy (non-hydrogen) atoms. The van der Waals surface area contributed by atoms with Crippen molar-refractivity contribution in [1.29, 1.82) is 0 Å². The minimum atomic E-state index is 0.273. The lowest BCUT2D eigenvalue weighted by Crippen LogP contribution is -2.13. The number of pyridine rings is 1. The van der Waals surface area contributed by atoms with Crippen molar-refractivity contribution in [3.8, 4) is 58.0 Å². The van der Waals surface area contributed by atoms with E-state index < -0.39 is 0 Å². The molecule has 12 nitrogen and oxygen atoms in total. The maximum Gasteiger partial charge on any atom is 0.240 e. The second-order valence-corrected chi connectivity index (χ2v) is 20.9. The van der Waals surface area contributed by atoms with Gasteiger partial charge in [0.05, 0.1) is 49.8 Å². The standard InChI is InChI=1S/C71H41N11O/c1-2-19-42(20-3-1)66-73-67(68-76-70(79-55-29-11-4-21-44(55)45-22-5-12-30-56(45)79)78-71(77-68)80-57-31-13-6-23-46(57)47-24-7-14-32-58(47)80)75-69(74-66)82-60-34-16-9-26-49(60)53-40-39-52-48-25-8-15-33-59(48)81(64(52)65(53)82)63-36-18-28-54(72-63)43-37-38-51-50-27-10-17-35-61(50)83-62(51)41-43/h1-41H. The van der Waals surface area contributed by atoms with Crippen molar-refractivity contribution in [3.63, 3.8) is 0 Å². The van der Waals surface area contributed by atoms with E-state index >= 15 is 0 Å². The summed E-state index contributed by atoms with van der Waals surface area (Å²) < 4.78 is 15.1. The van der Waals surface area contributed by atoms with Gasteiger partial charge in [0.25, 0.3) is 0 Å². The molecular weight excluding hydrogens is 1020 g/mol. The van der Waals surface area contributed by atoms with Crippen LogP contribution in [0.5, 0.6) is 0 Å². The molecule has 10 aromatic carbocycles. The summed E-state index contributed by atoms with van der Waals surface area (Å²) in [5, 5.41) is 10.7. The van der Waals surface area contributed by atoms with Crippen molar-refractivity contribution < 1.29 is 4.42 Å². The summed E-state index contributed by atoms with van der Waals surface area (Å²) in [4.78, 5) is 38.2. The Labute approximate surface area is 471 Å². The van der Waals surface area contributed by atoms with Crippen molar-refractivity contribution in [2.75, 3.05) is 0 Å². The molecule has 386 valence electrons. The van der Waals surface area contributed by atoms with Gasteiger partial charge in [-0.1, -0.05) is 182 Å². The molecule has 0 unspecified atom stereocenters. The molecule has 0 atom stereocenters. The first-order chi connectivity index (χ1) is 41.2. The number of rotatable bonds is 7. The number of benzene rings is 10. The molecule has 12 heteroatoms. The van der Waals surface area contributed by atoms with E-state index in [1.165, 1.54) is 0 Å². The molecule has 0 N–H and O–H groups in total. The maximum absolute atomic E-state index is 6.38. The molecule has 0 amide bonds. The monoisotopic (exact) mass is 1060 g/mol. The van der Waals surface area contributed by atoms with Gasteiger partial charge in [-0.25, -0.2) is 9.97 Å². The van der Waals surface area contributed by atoms with Gasteiger partial charge in [0.2, 0.25) is 29.5 Å². The van der Waals surface area contributed by atoms with Crippen LogP contribution < -0.4 is 0 Å². The lowest BCUT2D eigenvalue weighted by molar-refractivity contribution is 0.669. The summed E-state index contributed by atoms with van der Waals surface area (Å²) in [5.74, 6) is 2.99. The second kappa shape index (κ2) is 17.4. The molecule has 0 radical (unpaired) electrons. The Morgan fingerprint density at radius 3 is 1.22 bits per heavy atom. The predicted octanol–water partition coefficient (Wildman–Crippen LogP) is 16.7. The lowest BCUT2D eigenvalue weighted by Gasteiger charge is -2.14. The fourth-order valence-electron chi connectivity index (χ4n) is 12.8. The highest BCUT2D eigenvalue weighted by Gasteiger charge is 2.27. The lowest BCUT2D eigenvalue weighted by atomic mass is 10.1. The average Bonchev–Trinajstić information content (AvgIpc) is 3.51. The van der Waals surface area contributed by atoms with Crippen LogP contribution in [0.25, 0.3) is 167 Å². The van der Waals surface area contributed by atoms with Crippen molar-refractivity contribution in [2.24, 2.45) is 0 Å². The number of nitrogens with zero attached hydrogens (tertiary/aromatic N) is 11. The number of para-hydroxylation sites is 7. The Hall–Kier alpha value is -11.6. The summed E-state index contributed by atoms with van der Waals surface area (Å²) in [7, 11) is 0. The van der Waals surface area contributed by atoms with E-state index in [1.54, 1.807) is 0 Å². The highest BCUT2D eigenvalue weighted by molar-refractivity contribution is 6.24. The molecule has 8 heterocycles. The van der Waals surface area contributed by atoms with Crippen LogP contribution in [0.4, 0.5) is 0 Å². The third kappa shape index (κ3) is 6.71. The minimum Gasteiger partial charge on any atom is -0.456 e. The highest BCUT2D eigenvalue weighted by atomic mass is 16.3. The number of fused-ring (bicyclic) bond motifs is 16. The summed E-state index contributed by atoms with van der Waals surface area (Å²) in [5.41, 5.74) is 11.8. The van der Waals surface area contributed by atoms with Gasteiger partial charge in [0.15, 0.2) is 5.82 Å². The molecule has 0 bridgehead atoms. The van der Waals surface area contributed by atoms with Crippen LogP contribution in [0.2, 0.25) is 0 Å². The van der Waals surface area contributed by atoms with Crippen LogP contribution >= 0.6 is 0 Å². The molecule has 0 aliphatic rings. The SMILES string of the molecule is c1ccc(-c2nc(-c3nc(-n4c5ccccc5c5ccccc54)nc(-n4c5ccccc5c5ccccc54)n3)nc(-n3c4ccccc4c4ccc5c6ccccc6n(-c6cccc(-c7ccc8c(c7)oc7ccccc78)n6)c5c43)n2)cc1. The molecule has 0 saturated heterocycles. The van der Waals surface area contributed by atoms with E-state index in [1.807, 2.05) is 48.5 Å². The number of hydrogen-bond donors (Lipinski definition) is 0. The summed E-state index contributed by atoms with van der Waals surface area (Å²) >= 11 is 0. The quantitative estimate of drug-likeness (QED) is 0.155. The van der Waals surface area contributed by atoms with Gasteiger partial charge in [-0.2, -0.15) is 24.9 Å². The molecule has 0 saturated carbocycles. The molecular formula is C71H41N11O. The average molecular weight is 1060 g/mol. The van der Waals surface area contributed by atoms with Crippen LogP contribution in [-0.2, 0) is 0 Å². The first kappa shape index (κ1) is 45.3. The topological polar surface area (TPSA) is 123 Å². The van der Waals surface area contributed by atoms with E-state index in [4.69, 9.17) is 39.3 Å². The Morgan fingerprint density at radius 2 is 0.651 bits per heavy atom. The third-order valence-corrected chi connectivity index (χ3v) is 16.3. The van der Waals surface area contributed by atoms with Gasteiger partial charge in [0, 0.05) is 65.0 Å². The highest BCUT2D eigenvalue weighted by Crippen LogP contribution is 2.43. The van der Waals surface area contributed by atoms with Gasteiger partial charge in [0.1, 0.15) is 17.0 Å². The van der Waals surface area contributed by atoms with Gasteiger partial charge < -0.3 is 4.42 Å². The number of hydrogen-bond acceptors (Lipinski definition) is 8. The fourth-order valence-corrected chi connectivity index (χ4v) is 12.8. The second-order valence-electron chi connectivity index (χ2n) is 20.9. The van der Waals surface area contributed by atoms with Gasteiger partial charge in [-0.05, 0) is 66.7 Å². The molecule has 0 aliphatic heterocycles. The smallest absolute Gasteiger partial charge is 0.240 e. The van der Waals surface area contributed by atoms with Crippen molar-refractivity contribution in [3.05, 3.63) is 249 Å². The first-order valence-electron chi connectivity index (χ1n) is 27.6. The van der Waals surface area contributed by atoms with Crippen molar-refractivity contribution in [1.82, 2.24) is 53.2 Å². The largest absolute Gasteiger partial charge is 0.456 e. The Balaban J connectivity index is 0.921. The van der Waals surface area contributed by atoms with Crippen LogP contribution in [0.1, 0.15) is 0 Å². The zero-order valence-electron chi connectivity index (χ0n) is 44.0. The molecule has 8 aromatic heterocycles. The van der Waals surface area contributed by atoms with E-state index in [0.29, 0.717) is 23.7 Å². The van der Waals surface area contributed by atoms with Gasteiger partial charge >= 0.3 is 0 Å². The van der Waals surface area contributed by atoms with Crippen molar-refractivity contribution in [2.45, 2.75) is 0 Å². The molecule has 0 spiro atoms. The minimum absolute atomic E-state index is 0.273. The maximum atomic E-state index is 6.38. The van der Waals surface area contributed by atoms with Gasteiger partial charge in [-0.3, -0.25) is 18.3 Å². The van der Waals surface area contributed by atoms with Crippen molar-refractivity contribution >= 4 is 109 Å². The molecule has 18 rings (SSSR count). The Bertz CT molecular complexity index is 5490. The van der Waals surface area contributed by atoms with Gasteiger partial charge in [-0.15, -0.1) is 0 Å². The molecule has 0 fully saturated rings. The van der Waals surface area contributed by atoms with Crippen LogP contribution in [0, 0.1) is 0 Å². The third-order valence-electron chi connectivity index (χ3n) is 16.3.